The molecule has 0 amide bonds. The van der Waals surface area contributed by atoms with E-state index in [1.165, 1.54) is 0 Å². The minimum Gasteiger partial charge on any atom is -0.481 e. The largest absolute Gasteiger partial charge is 0.481 e. The van der Waals surface area contributed by atoms with Crippen LogP contribution in [0.15, 0.2) is 37.2 Å². The van der Waals surface area contributed by atoms with Crippen molar-refractivity contribution in [1.82, 2.24) is 15.0 Å². The van der Waals surface area contributed by atoms with Gasteiger partial charge in [0.25, 0.3) is 0 Å². The Morgan fingerprint density at radius 3 is 2.87 bits per heavy atom. The number of pyridine rings is 2. The number of hydrogen-bond donors (Lipinski definition) is 3. The molecule has 0 saturated carbocycles. The van der Waals surface area contributed by atoms with Gasteiger partial charge >= 0.3 is 5.97 Å². The lowest BCUT2D eigenvalue weighted by Crippen LogP contribution is -2.38. The highest BCUT2D eigenvalue weighted by molar-refractivity contribution is 6.31. The van der Waals surface area contributed by atoms with Crippen LogP contribution in [0, 0.1) is 23.7 Å². The summed E-state index contributed by atoms with van der Waals surface area (Å²) in [5, 5.41) is 23.7. The lowest BCUT2D eigenvalue weighted by Gasteiger charge is -2.34. The molecule has 3 heterocycles. The fourth-order valence-corrected chi connectivity index (χ4v) is 3.76. The molecule has 0 spiro atoms. The first-order valence-corrected chi connectivity index (χ1v) is 10.2. The molecule has 0 aliphatic rings. The number of fused-ring (bicyclic) bond motifs is 1. The van der Waals surface area contributed by atoms with Crippen LogP contribution in [-0.2, 0) is 4.79 Å². The molecular formula is C23H24ClN5O2. The van der Waals surface area contributed by atoms with E-state index >= 15 is 0 Å². The van der Waals surface area contributed by atoms with Gasteiger partial charge in [-0.25, -0.2) is 9.97 Å². The van der Waals surface area contributed by atoms with Crippen LogP contribution in [0.25, 0.3) is 22.3 Å². The average Bonchev–Trinajstić information content (AvgIpc) is 3.11. The molecule has 1 unspecified atom stereocenters. The fourth-order valence-electron chi connectivity index (χ4n) is 3.60. The summed E-state index contributed by atoms with van der Waals surface area (Å²) in [6.07, 6.45) is 5.62. The van der Waals surface area contributed by atoms with Crippen LogP contribution in [0.5, 0.6) is 0 Å². The molecule has 3 N–H and O–H groups in total. The number of aromatic amines is 1. The van der Waals surface area contributed by atoms with Gasteiger partial charge in [-0.05, 0) is 36.5 Å². The molecule has 3 aromatic rings. The number of anilines is 1. The van der Waals surface area contributed by atoms with Gasteiger partial charge in [0, 0.05) is 29.4 Å². The second-order valence-electron chi connectivity index (χ2n) is 8.19. The van der Waals surface area contributed by atoms with Gasteiger partial charge in [0.2, 0.25) is 0 Å². The molecule has 1 atom stereocenters. The fraction of sp³-hybridized carbons (Fsp3) is 0.304. The van der Waals surface area contributed by atoms with Gasteiger partial charge in [-0.15, -0.1) is 6.58 Å². The normalized spacial score (nSPS) is 12.4. The molecule has 0 bridgehead atoms. The van der Waals surface area contributed by atoms with Crippen molar-refractivity contribution in [3.05, 3.63) is 53.3 Å². The van der Waals surface area contributed by atoms with E-state index < -0.39 is 12.0 Å². The summed E-state index contributed by atoms with van der Waals surface area (Å²) in [7, 11) is 0. The zero-order valence-electron chi connectivity index (χ0n) is 17.7. The zero-order valence-corrected chi connectivity index (χ0v) is 18.4. The van der Waals surface area contributed by atoms with Crippen molar-refractivity contribution in [3.8, 4) is 17.3 Å². The maximum absolute atomic E-state index is 11.5. The number of rotatable bonds is 8. The topological polar surface area (TPSA) is 115 Å². The van der Waals surface area contributed by atoms with E-state index in [1.807, 2.05) is 20.8 Å². The predicted molar refractivity (Wildman–Crippen MR) is 122 cm³/mol. The molecule has 3 rings (SSSR count). The maximum atomic E-state index is 11.5. The molecule has 0 aliphatic carbocycles. The first-order chi connectivity index (χ1) is 14.7. The number of halogens is 1. The van der Waals surface area contributed by atoms with E-state index in [4.69, 9.17) is 16.6 Å². The highest BCUT2D eigenvalue weighted by Gasteiger charge is 2.31. The average molecular weight is 438 g/mol. The van der Waals surface area contributed by atoms with Crippen LogP contribution in [0.2, 0.25) is 5.02 Å². The molecule has 31 heavy (non-hydrogen) atoms. The molecule has 160 valence electrons. The van der Waals surface area contributed by atoms with Crippen molar-refractivity contribution in [2.24, 2.45) is 5.41 Å². The quantitative estimate of drug-likeness (QED) is 0.411. The molecule has 0 aliphatic heterocycles. The Hall–Kier alpha value is -3.37. The lowest BCUT2D eigenvalue weighted by molar-refractivity contribution is -0.137. The second-order valence-corrected chi connectivity index (χ2v) is 8.63. The van der Waals surface area contributed by atoms with Crippen molar-refractivity contribution < 1.29 is 9.90 Å². The number of carboxylic acid groups (broad SMARTS) is 1. The highest BCUT2D eigenvalue weighted by Crippen LogP contribution is 2.35. The van der Waals surface area contributed by atoms with Gasteiger partial charge < -0.3 is 15.4 Å². The first kappa shape index (κ1) is 22.3. The van der Waals surface area contributed by atoms with Crippen LogP contribution >= 0.6 is 11.6 Å². The summed E-state index contributed by atoms with van der Waals surface area (Å²) in [5.41, 5.74) is 2.59. The van der Waals surface area contributed by atoms with Crippen molar-refractivity contribution in [1.29, 1.82) is 5.26 Å². The zero-order chi connectivity index (χ0) is 22.8. The number of carboxylic acids is 1. The van der Waals surface area contributed by atoms with Gasteiger partial charge in [0.15, 0.2) is 0 Å². The number of H-pyrrole nitrogens is 1. The third-order valence-corrected chi connectivity index (χ3v) is 5.60. The molecule has 0 fully saturated rings. The number of allylic oxidation sites excluding steroid dienone is 1. The summed E-state index contributed by atoms with van der Waals surface area (Å²) < 4.78 is 0. The van der Waals surface area contributed by atoms with Crippen LogP contribution in [0.4, 0.5) is 5.82 Å². The summed E-state index contributed by atoms with van der Waals surface area (Å²) in [5.74, 6) is -0.375. The Kier molecular flexibility index (Phi) is 6.32. The Balaban J connectivity index is 2.12. The smallest absolute Gasteiger partial charge is 0.305 e. The number of aliphatic carboxylic acids is 1. The van der Waals surface area contributed by atoms with Gasteiger partial charge in [-0.1, -0.05) is 31.5 Å². The predicted octanol–water partition coefficient (Wildman–Crippen LogP) is 5.32. The molecule has 0 radical (unpaired) electrons. The minimum absolute atomic E-state index is 0.0795. The molecule has 7 nitrogen and oxygen atoms in total. The van der Waals surface area contributed by atoms with Crippen LogP contribution < -0.4 is 5.32 Å². The van der Waals surface area contributed by atoms with E-state index in [1.54, 1.807) is 30.6 Å². The summed E-state index contributed by atoms with van der Waals surface area (Å²) in [6, 6.07) is 5.33. The van der Waals surface area contributed by atoms with E-state index in [2.05, 4.69) is 27.9 Å². The van der Waals surface area contributed by atoms with Crippen molar-refractivity contribution in [2.75, 3.05) is 5.32 Å². The molecule has 3 aromatic heterocycles. The number of nitriles is 1. The Labute approximate surface area is 185 Å². The van der Waals surface area contributed by atoms with E-state index in [0.29, 0.717) is 39.7 Å². The maximum Gasteiger partial charge on any atom is 0.305 e. The number of aromatic nitrogens is 3. The van der Waals surface area contributed by atoms with Gasteiger partial charge in [-0.3, -0.25) is 4.79 Å². The van der Waals surface area contributed by atoms with Crippen molar-refractivity contribution in [3.63, 3.8) is 0 Å². The Morgan fingerprint density at radius 2 is 2.23 bits per heavy atom. The molecule has 0 saturated heterocycles. The van der Waals surface area contributed by atoms with Crippen LogP contribution in [0.1, 0.15) is 37.8 Å². The van der Waals surface area contributed by atoms with Gasteiger partial charge in [-0.2, -0.15) is 5.26 Å². The Bertz CT molecular complexity index is 1190. The van der Waals surface area contributed by atoms with Crippen LogP contribution in [0.3, 0.4) is 0 Å². The molecular weight excluding hydrogens is 414 g/mol. The summed E-state index contributed by atoms with van der Waals surface area (Å²) >= 11 is 6.12. The monoisotopic (exact) mass is 437 g/mol. The molecule has 8 heteroatoms. The summed E-state index contributed by atoms with van der Waals surface area (Å²) in [4.78, 5) is 23.6. The first-order valence-electron chi connectivity index (χ1n) is 9.80. The molecule has 0 aromatic carbocycles. The van der Waals surface area contributed by atoms with Crippen LogP contribution in [-0.4, -0.2) is 32.1 Å². The minimum atomic E-state index is -0.904. The van der Waals surface area contributed by atoms with Crippen molar-refractivity contribution in [2.45, 2.75) is 39.7 Å². The van der Waals surface area contributed by atoms with Gasteiger partial charge in [0.05, 0.1) is 22.7 Å². The number of hydrogen-bond acceptors (Lipinski definition) is 5. The number of nitrogens with one attached hydrogen (secondary N) is 2. The van der Waals surface area contributed by atoms with E-state index in [0.717, 1.165) is 10.9 Å². The SMILES string of the molecule is C=CCC(C)(C)C(CC(=O)O)Nc1nc(-c2c[nH]c3ncc(Cl)cc23)c(C#N)cc1C. The van der Waals surface area contributed by atoms with E-state index in [9.17, 15) is 15.2 Å². The number of nitrogens with zero attached hydrogens (tertiary/aromatic N) is 3. The van der Waals surface area contributed by atoms with Gasteiger partial charge in [0.1, 0.15) is 17.5 Å². The lowest BCUT2D eigenvalue weighted by atomic mass is 9.79. The standard InChI is InChI=1S/C23H24ClN5O2/c1-5-6-23(3,4)18(9-19(30)31)28-21-13(2)7-14(10-25)20(29-21)17-12-27-22-16(17)8-15(24)11-26-22/h5,7-8,11-12,18H,1,6,9H2,2-4H3,(H,26,27)(H,28,29)(H,30,31). The third-order valence-electron chi connectivity index (χ3n) is 5.39. The second kappa shape index (κ2) is 8.78. The number of aryl methyl sites for hydroxylation is 1. The highest BCUT2D eigenvalue weighted by atomic mass is 35.5. The summed E-state index contributed by atoms with van der Waals surface area (Å²) in [6.45, 7) is 9.61. The van der Waals surface area contributed by atoms with Crippen molar-refractivity contribution >= 4 is 34.4 Å². The number of carbonyl (C=O) groups is 1. The van der Waals surface area contributed by atoms with E-state index in [-0.39, 0.29) is 11.8 Å². The Morgan fingerprint density at radius 1 is 1.48 bits per heavy atom. The third kappa shape index (κ3) is 4.70.